The van der Waals surface area contributed by atoms with Gasteiger partial charge < -0.3 is 10.6 Å². The summed E-state index contributed by atoms with van der Waals surface area (Å²) in [6, 6.07) is 6.01. The Morgan fingerprint density at radius 3 is 3.11 bits per heavy atom. The molecule has 3 heterocycles. The number of piperidine rings is 1. The number of rotatable bonds is 4. The molecular weight excluding hydrogens is 340 g/mol. The number of aromatic nitrogens is 3. The Morgan fingerprint density at radius 2 is 2.26 bits per heavy atom. The summed E-state index contributed by atoms with van der Waals surface area (Å²) in [6.07, 6.45) is 9.54. The zero-order chi connectivity index (χ0) is 18.2. The predicted octanol–water partition coefficient (Wildman–Crippen LogP) is 3.69. The number of nitrogens with zero attached hydrogens (tertiary/aromatic N) is 4. The monoisotopic (exact) mass is 362 g/mol. The summed E-state index contributed by atoms with van der Waals surface area (Å²) in [5, 5.41) is 10.3. The molecule has 1 fully saturated rings. The first-order valence-corrected chi connectivity index (χ1v) is 9.58. The zero-order valence-corrected chi connectivity index (χ0v) is 15.1. The van der Waals surface area contributed by atoms with Crippen LogP contribution in [-0.4, -0.2) is 27.5 Å². The molecule has 7 heteroatoms. The third kappa shape index (κ3) is 2.88. The van der Waals surface area contributed by atoms with Crippen molar-refractivity contribution < 1.29 is 0 Å². The highest BCUT2D eigenvalue weighted by Crippen LogP contribution is 2.37. The van der Waals surface area contributed by atoms with Crippen LogP contribution in [0.3, 0.4) is 0 Å². The van der Waals surface area contributed by atoms with Crippen molar-refractivity contribution >= 4 is 17.2 Å². The lowest BCUT2D eigenvalue weighted by Crippen LogP contribution is -2.28. The van der Waals surface area contributed by atoms with Gasteiger partial charge in [-0.15, -0.1) is 0 Å². The van der Waals surface area contributed by atoms with Crippen molar-refractivity contribution in [3.8, 4) is 0 Å². The summed E-state index contributed by atoms with van der Waals surface area (Å²) in [4.78, 5) is 20.1. The highest BCUT2D eigenvalue weighted by molar-refractivity contribution is 5.65. The van der Waals surface area contributed by atoms with Crippen LogP contribution in [0.15, 0.2) is 42.0 Å². The van der Waals surface area contributed by atoms with E-state index in [4.69, 9.17) is 4.98 Å². The molecule has 0 radical (unpaired) electrons. The second-order valence-electron chi connectivity index (χ2n) is 7.39. The van der Waals surface area contributed by atoms with Crippen molar-refractivity contribution in [2.75, 3.05) is 18.4 Å². The Bertz CT molecular complexity index is 991. The molecule has 0 amide bonds. The summed E-state index contributed by atoms with van der Waals surface area (Å²) in [5.74, 6) is 1.39. The lowest BCUT2D eigenvalue weighted by Gasteiger charge is -2.22. The van der Waals surface area contributed by atoms with E-state index >= 15 is 0 Å². The van der Waals surface area contributed by atoms with Crippen molar-refractivity contribution in [1.29, 1.82) is 0 Å². The molecule has 2 unspecified atom stereocenters. The molecule has 2 aromatic heterocycles. The summed E-state index contributed by atoms with van der Waals surface area (Å²) >= 11 is 0. The number of hydrogen-bond donors (Lipinski definition) is 2. The third-order valence-electron chi connectivity index (χ3n) is 5.72. The maximum atomic E-state index is 11.0. The fraction of sp³-hybridized carbons (Fsp3) is 0.400. The van der Waals surface area contributed by atoms with Crippen LogP contribution in [0.4, 0.5) is 11.5 Å². The average molecular weight is 362 g/mol. The van der Waals surface area contributed by atoms with E-state index in [1.54, 1.807) is 12.4 Å². The van der Waals surface area contributed by atoms with Gasteiger partial charge in [0.2, 0.25) is 0 Å². The van der Waals surface area contributed by atoms with Gasteiger partial charge in [0.25, 0.3) is 0 Å². The molecule has 138 valence electrons. The van der Waals surface area contributed by atoms with Crippen LogP contribution in [0.2, 0.25) is 0 Å². The molecule has 2 N–H and O–H groups in total. The van der Waals surface area contributed by atoms with E-state index in [9.17, 15) is 4.91 Å². The van der Waals surface area contributed by atoms with E-state index in [-0.39, 0.29) is 6.04 Å². The molecule has 1 aliphatic carbocycles. The van der Waals surface area contributed by atoms with Gasteiger partial charge in [-0.25, -0.2) is 4.98 Å². The molecule has 27 heavy (non-hydrogen) atoms. The molecule has 2 aliphatic rings. The average Bonchev–Trinajstić information content (AvgIpc) is 3.30. The minimum absolute atomic E-state index is 0.195. The summed E-state index contributed by atoms with van der Waals surface area (Å²) < 4.78 is 2.07. The first-order valence-electron chi connectivity index (χ1n) is 9.58. The quantitative estimate of drug-likeness (QED) is 0.692. The Hall–Kier alpha value is -2.80. The number of hydrogen-bond acceptors (Lipinski definition) is 6. The van der Waals surface area contributed by atoms with Crippen molar-refractivity contribution in [3.63, 3.8) is 0 Å². The first kappa shape index (κ1) is 16.4. The second-order valence-corrected chi connectivity index (χ2v) is 7.39. The van der Waals surface area contributed by atoms with Crippen molar-refractivity contribution in [1.82, 2.24) is 19.7 Å². The van der Waals surface area contributed by atoms with Gasteiger partial charge >= 0.3 is 0 Å². The molecule has 0 bridgehead atoms. The molecule has 5 rings (SSSR count). The Labute approximate surface area is 157 Å². The van der Waals surface area contributed by atoms with E-state index in [1.807, 2.05) is 18.3 Å². The van der Waals surface area contributed by atoms with Crippen LogP contribution in [0.5, 0.6) is 0 Å². The fourth-order valence-corrected chi connectivity index (χ4v) is 4.34. The number of nitroso groups, excluding NO2 is 1. The largest absolute Gasteiger partial charge is 0.340 e. The van der Waals surface area contributed by atoms with Gasteiger partial charge in [-0.2, -0.15) is 4.91 Å². The molecule has 1 aliphatic heterocycles. The van der Waals surface area contributed by atoms with Gasteiger partial charge in [0.1, 0.15) is 11.9 Å². The van der Waals surface area contributed by atoms with Crippen molar-refractivity contribution in [2.45, 2.75) is 37.6 Å². The van der Waals surface area contributed by atoms with E-state index in [2.05, 4.69) is 31.3 Å². The van der Waals surface area contributed by atoms with Gasteiger partial charge in [0.05, 0.1) is 11.9 Å². The van der Waals surface area contributed by atoms with Crippen LogP contribution in [0.1, 0.15) is 48.0 Å². The number of benzene rings is 1. The number of fused-ring (bicyclic) bond motifs is 2. The maximum Gasteiger partial charge on any atom is 0.157 e. The minimum Gasteiger partial charge on any atom is -0.340 e. The SMILES string of the molecule is O=NC1CCc2cc(Nc3c(C4CCCNC4)nc4cnccn34)ccc21. The van der Waals surface area contributed by atoms with Crippen LogP contribution in [0.25, 0.3) is 5.65 Å². The highest BCUT2D eigenvalue weighted by atomic mass is 16.3. The van der Waals surface area contributed by atoms with Gasteiger partial charge in [-0.05, 0) is 55.5 Å². The molecule has 1 saturated heterocycles. The fourth-order valence-electron chi connectivity index (χ4n) is 4.34. The molecule has 1 aromatic carbocycles. The van der Waals surface area contributed by atoms with Crippen LogP contribution >= 0.6 is 0 Å². The molecule has 7 nitrogen and oxygen atoms in total. The minimum atomic E-state index is -0.195. The Morgan fingerprint density at radius 1 is 1.30 bits per heavy atom. The number of imidazole rings is 1. The summed E-state index contributed by atoms with van der Waals surface area (Å²) in [7, 11) is 0. The van der Waals surface area contributed by atoms with Crippen LogP contribution in [-0.2, 0) is 6.42 Å². The molecule has 0 spiro atoms. The molecular formula is C20H22N6O. The van der Waals surface area contributed by atoms with Crippen LogP contribution in [0, 0.1) is 4.91 Å². The number of nitrogens with one attached hydrogen (secondary N) is 2. The van der Waals surface area contributed by atoms with Crippen molar-refractivity contribution in [3.05, 3.63) is 58.5 Å². The topological polar surface area (TPSA) is 83.7 Å². The normalized spacial score (nSPS) is 21.9. The third-order valence-corrected chi connectivity index (χ3v) is 5.72. The lowest BCUT2D eigenvalue weighted by atomic mass is 9.96. The maximum absolute atomic E-state index is 11.0. The standard InChI is InChI=1S/C20H22N6O/c27-25-17-6-3-13-10-15(4-5-16(13)17)23-20-19(14-2-1-7-21-11-14)24-18-12-22-8-9-26(18)20/h4-5,8-10,12,14,17,21,23H,1-3,6-7,11H2. The zero-order valence-electron chi connectivity index (χ0n) is 15.1. The van der Waals surface area contributed by atoms with E-state index < -0.39 is 0 Å². The van der Waals surface area contributed by atoms with E-state index in [0.29, 0.717) is 5.92 Å². The van der Waals surface area contributed by atoms with Gasteiger partial charge in [-0.3, -0.25) is 9.38 Å². The molecule has 2 atom stereocenters. The smallest absolute Gasteiger partial charge is 0.157 e. The second kappa shape index (κ2) is 6.74. The first-order chi connectivity index (χ1) is 13.3. The number of aryl methyl sites for hydroxylation is 1. The van der Waals surface area contributed by atoms with E-state index in [0.717, 1.165) is 67.2 Å². The molecule has 3 aromatic rings. The predicted molar refractivity (Wildman–Crippen MR) is 104 cm³/mol. The Kier molecular flexibility index (Phi) is 4.09. The van der Waals surface area contributed by atoms with Gasteiger partial charge in [0, 0.05) is 30.5 Å². The number of anilines is 2. The van der Waals surface area contributed by atoms with Gasteiger partial charge in [0.15, 0.2) is 5.65 Å². The molecule has 0 saturated carbocycles. The summed E-state index contributed by atoms with van der Waals surface area (Å²) in [5.41, 5.74) is 5.23. The van der Waals surface area contributed by atoms with Crippen LogP contribution < -0.4 is 10.6 Å². The van der Waals surface area contributed by atoms with E-state index in [1.165, 1.54) is 5.56 Å². The summed E-state index contributed by atoms with van der Waals surface area (Å²) in [6.45, 7) is 2.02. The van der Waals surface area contributed by atoms with Gasteiger partial charge in [-0.1, -0.05) is 11.2 Å². The Balaban J connectivity index is 1.53. The highest BCUT2D eigenvalue weighted by Gasteiger charge is 2.25. The lowest BCUT2D eigenvalue weighted by molar-refractivity contribution is 0.457. The van der Waals surface area contributed by atoms with Crippen molar-refractivity contribution in [2.24, 2.45) is 5.18 Å².